The SMILES string of the molecule is COc1cccc(-c2csc(NC(=O)c3ccc4ccccc4c3)n2)c1. The van der Waals surface area contributed by atoms with Crippen LogP contribution in [-0.2, 0) is 0 Å². The maximum absolute atomic E-state index is 12.5. The fraction of sp³-hybridized carbons (Fsp3) is 0.0476. The lowest BCUT2D eigenvalue weighted by molar-refractivity contribution is 0.102. The van der Waals surface area contributed by atoms with E-state index < -0.39 is 0 Å². The molecule has 26 heavy (non-hydrogen) atoms. The molecule has 3 aromatic carbocycles. The maximum atomic E-state index is 12.5. The first-order chi connectivity index (χ1) is 12.7. The van der Waals surface area contributed by atoms with Crippen LogP contribution in [0.2, 0.25) is 0 Å². The number of ether oxygens (including phenoxy) is 1. The van der Waals surface area contributed by atoms with Crippen molar-refractivity contribution in [3.63, 3.8) is 0 Å². The summed E-state index contributed by atoms with van der Waals surface area (Å²) in [6.45, 7) is 0. The zero-order valence-corrected chi connectivity index (χ0v) is 14.9. The number of nitrogens with zero attached hydrogens (tertiary/aromatic N) is 1. The topological polar surface area (TPSA) is 51.2 Å². The van der Waals surface area contributed by atoms with Crippen molar-refractivity contribution in [1.82, 2.24) is 4.98 Å². The summed E-state index contributed by atoms with van der Waals surface area (Å²) in [6, 6.07) is 21.3. The van der Waals surface area contributed by atoms with Crippen LogP contribution in [0.25, 0.3) is 22.0 Å². The molecule has 0 radical (unpaired) electrons. The Labute approximate surface area is 155 Å². The highest BCUT2D eigenvalue weighted by Crippen LogP contribution is 2.28. The Bertz CT molecular complexity index is 1090. The van der Waals surface area contributed by atoms with Gasteiger partial charge in [-0.15, -0.1) is 11.3 Å². The molecule has 1 amide bonds. The van der Waals surface area contributed by atoms with Crippen LogP contribution in [0.5, 0.6) is 5.75 Å². The summed E-state index contributed by atoms with van der Waals surface area (Å²) in [6.07, 6.45) is 0. The van der Waals surface area contributed by atoms with Gasteiger partial charge in [-0.2, -0.15) is 0 Å². The molecule has 0 spiro atoms. The second-order valence-electron chi connectivity index (χ2n) is 5.79. The number of thiazole rings is 1. The number of hydrogen-bond acceptors (Lipinski definition) is 4. The predicted molar refractivity (Wildman–Crippen MR) is 106 cm³/mol. The fourth-order valence-electron chi connectivity index (χ4n) is 2.75. The molecule has 0 saturated heterocycles. The molecule has 4 rings (SSSR count). The van der Waals surface area contributed by atoms with Crippen molar-refractivity contribution < 1.29 is 9.53 Å². The Morgan fingerprint density at radius 3 is 2.69 bits per heavy atom. The van der Waals surface area contributed by atoms with Crippen molar-refractivity contribution in [3.8, 4) is 17.0 Å². The first-order valence-electron chi connectivity index (χ1n) is 8.13. The molecule has 1 N–H and O–H groups in total. The number of rotatable bonds is 4. The monoisotopic (exact) mass is 360 g/mol. The Morgan fingerprint density at radius 1 is 1.00 bits per heavy atom. The van der Waals surface area contributed by atoms with Crippen LogP contribution in [0.3, 0.4) is 0 Å². The van der Waals surface area contributed by atoms with Crippen LogP contribution in [-0.4, -0.2) is 18.0 Å². The molecule has 0 bridgehead atoms. The first kappa shape index (κ1) is 16.3. The molecule has 0 saturated carbocycles. The Balaban J connectivity index is 1.55. The van der Waals surface area contributed by atoms with E-state index in [2.05, 4.69) is 10.3 Å². The first-order valence-corrected chi connectivity index (χ1v) is 9.01. The molecule has 0 unspecified atom stereocenters. The molecule has 0 fully saturated rings. The van der Waals surface area contributed by atoms with E-state index in [1.807, 2.05) is 72.1 Å². The van der Waals surface area contributed by atoms with E-state index in [0.717, 1.165) is 27.8 Å². The van der Waals surface area contributed by atoms with Crippen LogP contribution >= 0.6 is 11.3 Å². The maximum Gasteiger partial charge on any atom is 0.257 e. The van der Waals surface area contributed by atoms with Crippen molar-refractivity contribution in [3.05, 3.63) is 77.7 Å². The van der Waals surface area contributed by atoms with Crippen LogP contribution in [0.1, 0.15) is 10.4 Å². The van der Waals surface area contributed by atoms with Gasteiger partial charge in [0.2, 0.25) is 0 Å². The summed E-state index contributed by atoms with van der Waals surface area (Å²) in [7, 11) is 1.63. The highest BCUT2D eigenvalue weighted by Gasteiger charge is 2.11. The van der Waals surface area contributed by atoms with E-state index in [4.69, 9.17) is 4.74 Å². The second kappa shape index (κ2) is 6.98. The van der Waals surface area contributed by atoms with Gasteiger partial charge in [-0.25, -0.2) is 4.98 Å². The fourth-order valence-corrected chi connectivity index (χ4v) is 3.46. The Hall–Kier alpha value is -3.18. The third kappa shape index (κ3) is 3.30. The molecule has 4 aromatic rings. The molecule has 0 aliphatic heterocycles. The number of methoxy groups -OCH3 is 1. The van der Waals surface area contributed by atoms with Gasteiger partial charge in [-0.1, -0.05) is 42.5 Å². The smallest absolute Gasteiger partial charge is 0.257 e. The van der Waals surface area contributed by atoms with Gasteiger partial charge in [0.15, 0.2) is 5.13 Å². The Kier molecular flexibility index (Phi) is 4.37. The van der Waals surface area contributed by atoms with Crippen molar-refractivity contribution in [2.75, 3.05) is 12.4 Å². The molecular weight excluding hydrogens is 344 g/mol. The third-order valence-electron chi connectivity index (χ3n) is 4.10. The average Bonchev–Trinajstić information content (AvgIpc) is 3.16. The summed E-state index contributed by atoms with van der Waals surface area (Å²) in [5.74, 6) is 0.611. The number of amides is 1. The van der Waals surface area contributed by atoms with Gasteiger partial charge in [0, 0.05) is 16.5 Å². The van der Waals surface area contributed by atoms with E-state index in [9.17, 15) is 4.79 Å². The number of benzene rings is 3. The largest absolute Gasteiger partial charge is 0.497 e. The molecule has 0 aliphatic rings. The number of carbonyl (C=O) groups is 1. The van der Waals surface area contributed by atoms with E-state index in [1.54, 1.807) is 7.11 Å². The third-order valence-corrected chi connectivity index (χ3v) is 4.86. The standard InChI is InChI=1S/C21H16N2O2S/c1-25-18-8-4-7-16(12-18)19-13-26-21(22-19)23-20(24)17-10-9-14-5-2-3-6-15(14)11-17/h2-13H,1H3,(H,22,23,24). The minimum Gasteiger partial charge on any atom is -0.497 e. The van der Waals surface area contributed by atoms with Gasteiger partial charge in [0.1, 0.15) is 5.75 Å². The van der Waals surface area contributed by atoms with Gasteiger partial charge in [-0.05, 0) is 35.0 Å². The van der Waals surface area contributed by atoms with Gasteiger partial charge in [-0.3, -0.25) is 10.1 Å². The van der Waals surface area contributed by atoms with E-state index >= 15 is 0 Å². The number of hydrogen-bond donors (Lipinski definition) is 1. The predicted octanol–water partition coefficient (Wildman–Crippen LogP) is 5.22. The number of nitrogens with one attached hydrogen (secondary N) is 1. The lowest BCUT2D eigenvalue weighted by Crippen LogP contribution is -2.11. The number of aromatic nitrogens is 1. The minimum absolute atomic E-state index is 0.165. The summed E-state index contributed by atoms with van der Waals surface area (Å²) in [5, 5.41) is 7.52. The summed E-state index contributed by atoms with van der Waals surface area (Å²) < 4.78 is 5.25. The highest BCUT2D eigenvalue weighted by molar-refractivity contribution is 7.14. The van der Waals surface area contributed by atoms with Crippen molar-refractivity contribution in [1.29, 1.82) is 0 Å². The van der Waals surface area contributed by atoms with E-state index in [0.29, 0.717) is 10.7 Å². The van der Waals surface area contributed by atoms with Gasteiger partial charge in [0.25, 0.3) is 5.91 Å². The summed E-state index contributed by atoms with van der Waals surface area (Å²) in [5.41, 5.74) is 2.37. The van der Waals surface area contributed by atoms with Crippen LogP contribution in [0.4, 0.5) is 5.13 Å². The zero-order valence-electron chi connectivity index (χ0n) is 14.1. The normalized spacial score (nSPS) is 10.7. The Morgan fingerprint density at radius 2 is 1.85 bits per heavy atom. The van der Waals surface area contributed by atoms with Crippen molar-refractivity contribution in [2.45, 2.75) is 0 Å². The molecular formula is C21H16N2O2S. The van der Waals surface area contributed by atoms with E-state index in [-0.39, 0.29) is 5.91 Å². The number of anilines is 1. The van der Waals surface area contributed by atoms with Crippen LogP contribution in [0, 0.1) is 0 Å². The lowest BCUT2D eigenvalue weighted by Gasteiger charge is -2.04. The molecule has 128 valence electrons. The van der Waals surface area contributed by atoms with E-state index in [1.165, 1.54) is 11.3 Å². The second-order valence-corrected chi connectivity index (χ2v) is 6.64. The van der Waals surface area contributed by atoms with Gasteiger partial charge < -0.3 is 4.74 Å². The highest BCUT2D eigenvalue weighted by atomic mass is 32.1. The quantitative estimate of drug-likeness (QED) is 0.542. The molecule has 0 aliphatic carbocycles. The average molecular weight is 360 g/mol. The van der Waals surface area contributed by atoms with Gasteiger partial charge in [0.05, 0.1) is 12.8 Å². The zero-order chi connectivity index (χ0) is 17.9. The number of carbonyl (C=O) groups excluding carboxylic acids is 1. The summed E-state index contributed by atoms with van der Waals surface area (Å²) >= 11 is 1.40. The molecule has 5 heteroatoms. The lowest BCUT2D eigenvalue weighted by atomic mass is 10.1. The molecule has 0 atom stereocenters. The van der Waals surface area contributed by atoms with Crippen molar-refractivity contribution in [2.24, 2.45) is 0 Å². The summed E-state index contributed by atoms with van der Waals surface area (Å²) in [4.78, 5) is 17.1. The molecule has 1 heterocycles. The molecule has 1 aromatic heterocycles. The minimum atomic E-state index is -0.165. The van der Waals surface area contributed by atoms with Crippen molar-refractivity contribution >= 4 is 33.1 Å². The van der Waals surface area contributed by atoms with Crippen LogP contribution < -0.4 is 10.1 Å². The van der Waals surface area contributed by atoms with Crippen LogP contribution in [0.15, 0.2) is 72.1 Å². The number of fused-ring (bicyclic) bond motifs is 1. The van der Waals surface area contributed by atoms with Gasteiger partial charge >= 0.3 is 0 Å². The molecule has 4 nitrogen and oxygen atoms in total.